The van der Waals surface area contributed by atoms with Crippen molar-refractivity contribution in [2.45, 2.75) is 39.7 Å². The van der Waals surface area contributed by atoms with Gasteiger partial charge >= 0.3 is 0 Å². The van der Waals surface area contributed by atoms with Gasteiger partial charge in [-0.25, -0.2) is 0 Å². The second-order valence-corrected chi connectivity index (χ2v) is 5.29. The van der Waals surface area contributed by atoms with Crippen molar-refractivity contribution in [3.05, 3.63) is 29.7 Å². The maximum Gasteiger partial charge on any atom is 0.265 e. The van der Waals surface area contributed by atoms with E-state index in [1.807, 2.05) is 39.0 Å². The summed E-state index contributed by atoms with van der Waals surface area (Å²) in [5.41, 5.74) is 3.52. The van der Waals surface area contributed by atoms with Crippen molar-refractivity contribution in [1.29, 1.82) is 0 Å². The molecule has 0 bridgehead atoms. The molecule has 1 atom stereocenters. The van der Waals surface area contributed by atoms with Gasteiger partial charge in [0.2, 0.25) is 0 Å². The van der Waals surface area contributed by atoms with E-state index in [0.29, 0.717) is 17.9 Å². The van der Waals surface area contributed by atoms with Crippen molar-refractivity contribution in [3.63, 3.8) is 0 Å². The molecule has 0 radical (unpaired) electrons. The third-order valence-corrected chi connectivity index (χ3v) is 3.67. The van der Waals surface area contributed by atoms with Gasteiger partial charge in [-0.1, -0.05) is 24.6 Å². The quantitative estimate of drug-likeness (QED) is 0.938. The summed E-state index contributed by atoms with van der Waals surface area (Å²) < 4.78 is 11.0. The minimum absolute atomic E-state index is 0.0746. The summed E-state index contributed by atoms with van der Waals surface area (Å²) in [6.45, 7) is 5.83. The summed E-state index contributed by atoms with van der Waals surface area (Å²) in [7, 11) is 0. The van der Waals surface area contributed by atoms with E-state index in [1.165, 1.54) is 0 Å². The van der Waals surface area contributed by atoms with Crippen molar-refractivity contribution >= 4 is 11.6 Å². The number of fused-ring (bicyclic) bond motifs is 1. The van der Waals surface area contributed by atoms with Crippen LogP contribution in [0.3, 0.4) is 0 Å². The van der Waals surface area contributed by atoms with Crippen molar-refractivity contribution in [2.75, 3.05) is 5.32 Å². The Kier molecular flexibility index (Phi) is 3.41. The van der Waals surface area contributed by atoms with Gasteiger partial charge in [-0.3, -0.25) is 4.79 Å². The molecule has 1 aromatic carbocycles. The minimum atomic E-state index is -0.414. The van der Waals surface area contributed by atoms with Crippen LogP contribution in [0.15, 0.2) is 22.7 Å². The zero-order chi connectivity index (χ0) is 15.0. The number of aryl methyl sites for hydroxylation is 2. The van der Waals surface area contributed by atoms with Crippen LogP contribution < -0.4 is 10.1 Å². The van der Waals surface area contributed by atoms with E-state index in [1.54, 1.807) is 0 Å². The van der Waals surface area contributed by atoms with Crippen LogP contribution in [0.25, 0.3) is 11.1 Å². The highest BCUT2D eigenvalue weighted by molar-refractivity contribution is 5.98. The lowest BCUT2D eigenvalue weighted by molar-refractivity contribution is -0.123. The number of benzene rings is 1. The van der Waals surface area contributed by atoms with Crippen molar-refractivity contribution in [2.24, 2.45) is 0 Å². The highest BCUT2D eigenvalue weighted by Crippen LogP contribution is 2.36. The van der Waals surface area contributed by atoms with E-state index < -0.39 is 6.10 Å². The predicted octanol–water partition coefficient (Wildman–Crippen LogP) is 3.46. The molecule has 0 saturated heterocycles. The molecule has 0 saturated carbocycles. The number of hydrogen-bond donors (Lipinski definition) is 1. The molecule has 1 amide bonds. The molecule has 0 aliphatic carbocycles. The van der Waals surface area contributed by atoms with E-state index in [4.69, 9.17) is 9.26 Å². The number of ether oxygens (including phenoxy) is 1. The van der Waals surface area contributed by atoms with Crippen molar-refractivity contribution in [3.8, 4) is 16.9 Å². The molecule has 2 aromatic rings. The number of amides is 1. The van der Waals surface area contributed by atoms with Gasteiger partial charge in [-0.05, 0) is 38.0 Å². The van der Waals surface area contributed by atoms with Gasteiger partial charge in [-0.15, -0.1) is 0 Å². The van der Waals surface area contributed by atoms with E-state index in [2.05, 4.69) is 10.5 Å². The van der Waals surface area contributed by atoms with Crippen LogP contribution in [0.5, 0.6) is 5.75 Å². The number of rotatable bonds is 3. The Morgan fingerprint density at radius 2 is 2.14 bits per heavy atom. The first-order chi connectivity index (χ1) is 10.1. The molecule has 110 valence electrons. The number of carbonyl (C=O) groups excluding carboxylic acids is 1. The standard InChI is InChI=1S/C16H18N2O3/c1-4-5-13-16(19)17-12-7-6-11(8-14(12)20-13)15-9(2)18-21-10(15)3/h6-8,13H,4-5H2,1-3H3,(H,17,19). The molecule has 0 spiro atoms. The first kappa shape index (κ1) is 13.7. The Labute approximate surface area is 123 Å². The Bertz CT molecular complexity index is 671. The number of nitrogens with zero attached hydrogens (tertiary/aromatic N) is 1. The van der Waals surface area contributed by atoms with E-state index >= 15 is 0 Å². The van der Waals surface area contributed by atoms with E-state index in [9.17, 15) is 4.79 Å². The summed E-state index contributed by atoms with van der Waals surface area (Å²) in [6.07, 6.45) is 1.19. The van der Waals surface area contributed by atoms with Crippen LogP contribution in [0.1, 0.15) is 31.2 Å². The molecule has 1 aromatic heterocycles. The smallest absolute Gasteiger partial charge is 0.265 e. The molecule has 21 heavy (non-hydrogen) atoms. The Balaban J connectivity index is 1.99. The van der Waals surface area contributed by atoms with Crippen LogP contribution >= 0.6 is 0 Å². The zero-order valence-electron chi connectivity index (χ0n) is 12.4. The largest absolute Gasteiger partial charge is 0.478 e. The minimum Gasteiger partial charge on any atom is -0.478 e. The maximum atomic E-state index is 11.9. The molecule has 5 nitrogen and oxygen atoms in total. The zero-order valence-corrected chi connectivity index (χ0v) is 12.4. The van der Waals surface area contributed by atoms with Gasteiger partial charge in [0.1, 0.15) is 11.5 Å². The summed E-state index contributed by atoms with van der Waals surface area (Å²) in [6, 6.07) is 5.73. The molecule has 0 fully saturated rings. The summed E-state index contributed by atoms with van der Waals surface area (Å²) >= 11 is 0. The lowest BCUT2D eigenvalue weighted by atomic mass is 10.0. The van der Waals surface area contributed by atoms with Gasteiger partial charge in [0, 0.05) is 5.56 Å². The molecular weight excluding hydrogens is 268 g/mol. The Hall–Kier alpha value is -2.30. The second-order valence-electron chi connectivity index (χ2n) is 5.29. The third kappa shape index (κ3) is 2.39. The average molecular weight is 286 g/mol. The molecule has 2 heterocycles. The first-order valence-corrected chi connectivity index (χ1v) is 7.15. The number of carbonyl (C=O) groups is 1. The highest BCUT2D eigenvalue weighted by atomic mass is 16.5. The molecule has 1 aliphatic heterocycles. The predicted molar refractivity (Wildman–Crippen MR) is 79.4 cm³/mol. The molecular formula is C16H18N2O3. The summed E-state index contributed by atoms with van der Waals surface area (Å²) in [5.74, 6) is 1.40. The van der Waals surface area contributed by atoms with Crippen LogP contribution in [-0.2, 0) is 4.79 Å². The Morgan fingerprint density at radius 3 is 2.81 bits per heavy atom. The van der Waals surface area contributed by atoms with Crippen LogP contribution in [-0.4, -0.2) is 17.2 Å². The first-order valence-electron chi connectivity index (χ1n) is 7.15. The van der Waals surface area contributed by atoms with Gasteiger partial charge in [0.05, 0.1) is 11.4 Å². The number of hydrogen-bond acceptors (Lipinski definition) is 4. The number of nitrogens with one attached hydrogen (secondary N) is 1. The second kappa shape index (κ2) is 5.24. The lowest BCUT2D eigenvalue weighted by Crippen LogP contribution is -2.36. The number of anilines is 1. The fourth-order valence-electron chi connectivity index (χ4n) is 2.65. The average Bonchev–Trinajstić information content (AvgIpc) is 2.79. The van der Waals surface area contributed by atoms with Gasteiger partial charge < -0.3 is 14.6 Å². The Morgan fingerprint density at radius 1 is 1.33 bits per heavy atom. The summed E-state index contributed by atoms with van der Waals surface area (Å²) in [4.78, 5) is 11.9. The normalized spacial score (nSPS) is 17.1. The van der Waals surface area contributed by atoms with E-state index in [-0.39, 0.29) is 5.91 Å². The van der Waals surface area contributed by atoms with Crippen molar-refractivity contribution < 1.29 is 14.1 Å². The summed E-state index contributed by atoms with van der Waals surface area (Å²) in [5, 5.41) is 6.87. The van der Waals surface area contributed by atoms with E-state index in [0.717, 1.165) is 29.0 Å². The molecule has 1 aliphatic rings. The lowest BCUT2D eigenvalue weighted by Gasteiger charge is -2.26. The molecule has 3 rings (SSSR count). The third-order valence-electron chi connectivity index (χ3n) is 3.67. The number of aromatic nitrogens is 1. The molecule has 1 N–H and O–H groups in total. The SMILES string of the molecule is CCCC1Oc2cc(-c3c(C)noc3C)ccc2NC1=O. The molecule has 5 heteroatoms. The molecule has 1 unspecified atom stereocenters. The van der Waals surface area contributed by atoms with Gasteiger partial charge in [0.25, 0.3) is 5.91 Å². The topological polar surface area (TPSA) is 64.4 Å². The van der Waals surface area contributed by atoms with Crippen molar-refractivity contribution in [1.82, 2.24) is 5.16 Å². The van der Waals surface area contributed by atoms with Crippen LogP contribution in [0.4, 0.5) is 5.69 Å². The fourth-order valence-corrected chi connectivity index (χ4v) is 2.65. The maximum absolute atomic E-state index is 11.9. The van der Waals surface area contributed by atoms with Crippen LogP contribution in [0, 0.1) is 13.8 Å². The van der Waals surface area contributed by atoms with Crippen LogP contribution in [0.2, 0.25) is 0 Å². The highest BCUT2D eigenvalue weighted by Gasteiger charge is 2.27. The van der Waals surface area contributed by atoms with Gasteiger partial charge in [-0.2, -0.15) is 0 Å². The fraction of sp³-hybridized carbons (Fsp3) is 0.375. The monoisotopic (exact) mass is 286 g/mol. The van der Waals surface area contributed by atoms with Gasteiger partial charge in [0.15, 0.2) is 6.10 Å².